The van der Waals surface area contributed by atoms with Gasteiger partial charge < -0.3 is 10.2 Å². The van der Waals surface area contributed by atoms with Crippen molar-refractivity contribution in [1.82, 2.24) is 9.80 Å². The fourth-order valence-corrected chi connectivity index (χ4v) is 4.23. The van der Waals surface area contributed by atoms with Crippen molar-refractivity contribution in [2.75, 3.05) is 43.8 Å². The fourth-order valence-electron chi connectivity index (χ4n) is 3.05. The summed E-state index contributed by atoms with van der Waals surface area (Å²) in [5, 5.41) is 3.62. The molecule has 0 saturated carbocycles. The molecule has 0 aliphatic carbocycles. The van der Waals surface area contributed by atoms with Gasteiger partial charge in [0.2, 0.25) is 11.8 Å². The maximum absolute atomic E-state index is 12.4. The van der Waals surface area contributed by atoms with Gasteiger partial charge in [-0.2, -0.15) is 0 Å². The number of carbonyl (C=O) groups excluding carboxylic acids is 2. The van der Waals surface area contributed by atoms with Crippen LogP contribution in [0.2, 0.25) is 5.02 Å². The van der Waals surface area contributed by atoms with Crippen LogP contribution >= 0.6 is 23.4 Å². The Labute approximate surface area is 175 Å². The number of amides is 2. The molecule has 0 radical (unpaired) electrons. The Kier molecular flexibility index (Phi) is 7.77. The van der Waals surface area contributed by atoms with Crippen molar-refractivity contribution >= 4 is 40.9 Å². The van der Waals surface area contributed by atoms with Crippen molar-refractivity contribution in [3.63, 3.8) is 0 Å². The number of hydrogen-bond donors (Lipinski definition) is 1. The lowest BCUT2D eigenvalue weighted by Crippen LogP contribution is -2.50. The lowest BCUT2D eigenvalue weighted by Gasteiger charge is -2.34. The van der Waals surface area contributed by atoms with Gasteiger partial charge in [0, 0.05) is 48.9 Å². The molecule has 0 bridgehead atoms. The first-order valence-corrected chi connectivity index (χ1v) is 10.7. The van der Waals surface area contributed by atoms with Crippen LogP contribution in [0.4, 0.5) is 5.69 Å². The molecule has 28 heavy (non-hydrogen) atoms. The third-order valence-electron chi connectivity index (χ3n) is 4.56. The SMILES string of the molecule is O=C(CN1CCN(C(=O)CCSc2ccccc2Cl)CC1)Nc1ccccc1. The van der Waals surface area contributed by atoms with Gasteiger partial charge in [0.25, 0.3) is 0 Å². The van der Waals surface area contributed by atoms with Gasteiger partial charge in [-0.25, -0.2) is 0 Å². The predicted molar refractivity (Wildman–Crippen MR) is 115 cm³/mol. The number of benzene rings is 2. The van der Waals surface area contributed by atoms with Crippen molar-refractivity contribution in [3.8, 4) is 0 Å². The Morgan fingerprint density at radius 3 is 2.36 bits per heavy atom. The number of thioether (sulfide) groups is 1. The van der Waals surface area contributed by atoms with Gasteiger partial charge in [-0.15, -0.1) is 11.8 Å². The van der Waals surface area contributed by atoms with Gasteiger partial charge in [-0.3, -0.25) is 14.5 Å². The topological polar surface area (TPSA) is 52.7 Å². The second-order valence-electron chi connectivity index (χ2n) is 6.60. The van der Waals surface area contributed by atoms with E-state index >= 15 is 0 Å². The van der Waals surface area contributed by atoms with E-state index in [1.807, 2.05) is 59.5 Å². The lowest BCUT2D eigenvalue weighted by atomic mass is 10.2. The first kappa shape index (κ1) is 20.7. The second kappa shape index (κ2) is 10.5. The average molecular weight is 418 g/mol. The van der Waals surface area contributed by atoms with Gasteiger partial charge in [-0.05, 0) is 24.3 Å². The monoisotopic (exact) mass is 417 g/mol. The van der Waals surface area contributed by atoms with E-state index in [1.165, 1.54) is 0 Å². The number of halogens is 1. The Balaban J connectivity index is 1.35. The molecule has 1 N–H and O–H groups in total. The van der Waals surface area contributed by atoms with Crippen LogP contribution in [-0.4, -0.2) is 60.1 Å². The Morgan fingerprint density at radius 2 is 1.64 bits per heavy atom. The Morgan fingerprint density at radius 1 is 0.964 bits per heavy atom. The molecule has 2 amide bonds. The summed E-state index contributed by atoms with van der Waals surface area (Å²) in [5.74, 6) is 0.845. The number of hydrogen-bond acceptors (Lipinski definition) is 4. The molecular formula is C21H24ClN3O2S. The third kappa shape index (κ3) is 6.26. The summed E-state index contributed by atoms with van der Waals surface area (Å²) in [6, 6.07) is 17.1. The highest BCUT2D eigenvalue weighted by Gasteiger charge is 2.22. The van der Waals surface area contributed by atoms with E-state index < -0.39 is 0 Å². The highest BCUT2D eigenvalue weighted by molar-refractivity contribution is 7.99. The molecule has 148 valence electrons. The molecule has 3 rings (SSSR count). The molecule has 1 heterocycles. The van der Waals surface area contributed by atoms with Crippen molar-refractivity contribution in [1.29, 1.82) is 0 Å². The number of carbonyl (C=O) groups is 2. The van der Waals surface area contributed by atoms with E-state index in [1.54, 1.807) is 11.8 Å². The molecule has 1 aliphatic heterocycles. The third-order valence-corrected chi connectivity index (χ3v) is 6.08. The van der Waals surface area contributed by atoms with Gasteiger partial charge in [0.05, 0.1) is 11.6 Å². The second-order valence-corrected chi connectivity index (χ2v) is 8.14. The number of anilines is 1. The quantitative estimate of drug-likeness (QED) is 0.699. The number of nitrogens with one attached hydrogen (secondary N) is 1. The number of piperazine rings is 1. The summed E-state index contributed by atoms with van der Waals surface area (Å²) in [5.41, 5.74) is 0.803. The smallest absolute Gasteiger partial charge is 0.238 e. The zero-order chi connectivity index (χ0) is 19.8. The molecule has 2 aromatic carbocycles. The predicted octanol–water partition coefficient (Wildman–Crippen LogP) is 3.61. The fraction of sp³-hybridized carbons (Fsp3) is 0.333. The van der Waals surface area contributed by atoms with Crippen LogP contribution in [0.1, 0.15) is 6.42 Å². The molecule has 7 heteroatoms. The number of nitrogens with zero attached hydrogens (tertiary/aromatic N) is 2. The molecule has 0 unspecified atom stereocenters. The maximum Gasteiger partial charge on any atom is 0.238 e. The molecular weight excluding hydrogens is 394 g/mol. The average Bonchev–Trinajstić information content (AvgIpc) is 2.70. The van der Waals surface area contributed by atoms with Gasteiger partial charge >= 0.3 is 0 Å². The first-order chi connectivity index (χ1) is 13.6. The minimum absolute atomic E-state index is 0.0258. The molecule has 1 saturated heterocycles. The van der Waals surface area contributed by atoms with E-state index in [0.29, 0.717) is 44.9 Å². The standard InChI is InChI=1S/C21H24ClN3O2S/c22-18-8-4-5-9-19(18)28-15-10-21(27)25-13-11-24(12-14-25)16-20(26)23-17-6-2-1-3-7-17/h1-9H,10-16H2,(H,23,26). The summed E-state index contributed by atoms with van der Waals surface area (Å²) >= 11 is 7.75. The van der Waals surface area contributed by atoms with Gasteiger partial charge in [-0.1, -0.05) is 41.9 Å². The van der Waals surface area contributed by atoms with Crippen LogP contribution < -0.4 is 5.32 Å². The van der Waals surface area contributed by atoms with Gasteiger partial charge in [0.1, 0.15) is 0 Å². The number of para-hydroxylation sites is 1. The van der Waals surface area contributed by atoms with Crippen LogP contribution in [-0.2, 0) is 9.59 Å². The first-order valence-electron chi connectivity index (χ1n) is 9.34. The molecule has 0 spiro atoms. The lowest BCUT2D eigenvalue weighted by molar-refractivity contribution is -0.132. The van der Waals surface area contributed by atoms with Crippen molar-refractivity contribution in [3.05, 3.63) is 59.6 Å². The summed E-state index contributed by atoms with van der Waals surface area (Å²) in [7, 11) is 0. The minimum atomic E-state index is -0.0258. The van der Waals surface area contributed by atoms with Gasteiger partial charge in [0.15, 0.2) is 0 Å². The van der Waals surface area contributed by atoms with E-state index in [4.69, 9.17) is 11.6 Å². The highest BCUT2D eigenvalue weighted by atomic mass is 35.5. The largest absolute Gasteiger partial charge is 0.340 e. The van der Waals surface area contributed by atoms with E-state index in [2.05, 4.69) is 10.2 Å². The van der Waals surface area contributed by atoms with Crippen LogP contribution in [0.5, 0.6) is 0 Å². The van der Waals surface area contributed by atoms with Crippen LogP contribution in [0.3, 0.4) is 0 Å². The molecule has 1 fully saturated rings. The molecule has 5 nitrogen and oxygen atoms in total. The van der Waals surface area contributed by atoms with E-state index in [0.717, 1.165) is 15.6 Å². The van der Waals surface area contributed by atoms with Crippen molar-refractivity contribution in [2.45, 2.75) is 11.3 Å². The van der Waals surface area contributed by atoms with E-state index in [9.17, 15) is 9.59 Å². The number of rotatable bonds is 7. The summed E-state index contributed by atoms with van der Waals surface area (Å²) in [6.07, 6.45) is 0.490. The summed E-state index contributed by atoms with van der Waals surface area (Å²) in [6.45, 7) is 3.10. The zero-order valence-electron chi connectivity index (χ0n) is 15.6. The van der Waals surface area contributed by atoms with Crippen molar-refractivity contribution < 1.29 is 9.59 Å². The summed E-state index contributed by atoms with van der Waals surface area (Å²) < 4.78 is 0. The minimum Gasteiger partial charge on any atom is -0.340 e. The molecule has 0 aromatic heterocycles. The highest BCUT2D eigenvalue weighted by Crippen LogP contribution is 2.27. The van der Waals surface area contributed by atoms with Crippen molar-refractivity contribution in [2.24, 2.45) is 0 Å². The van der Waals surface area contributed by atoms with Crippen LogP contribution in [0.15, 0.2) is 59.5 Å². The normalized spacial score (nSPS) is 14.7. The van der Waals surface area contributed by atoms with E-state index in [-0.39, 0.29) is 11.8 Å². The Bertz CT molecular complexity index is 795. The molecule has 0 atom stereocenters. The molecule has 2 aromatic rings. The zero-order valence-corrected chi connectivity index (χ0v) is 17.2. The summed E-state index contributed by atoms with van der Waals surface area (Å²) in [4.78, 5) is 29.6. The maximum atomic E-state index is 12.4. The van der Waals surface area contributed by atoms with Crippen LogP contribution in [0.25, 0.3) is 0 Å². The van der Waals surface area contributed by atoms with Crippen LogP contribution in [0, 0.1) is 0 Å². The Hall–Kier alpha value is -2.02. The molecule has 1 aliphatic rings.